The molecule has 1 aliphatic rings. The van der Waals surface area contributed by atoms with Crippen LogP contribution in [-0.2, 0) is 6.42 Å². The lowest BCUT2D eigenvalue weighted by Gasteiger charge is -2.14. The fraction of sp³-hybridized carbons (Fsp3) is 0.286. The van der Waals surface area contributed by atoms with Gasteiger partial charge in [-0.3, -0.25) is 9.59 Å². The highest BCUT2D eigenvalue weighted by Gasteiger charge is 2.31. The molecule has 2 aromatic heterocycles. The Kier molecular flexibility index (Phi) is 4.39. The molecule has 0 aliphatic heterocycles. The van der Waals surface area contributed by atoms with Crippen molar-refractivity contribution >= 4 is 11.7 Å². The van der Waals surface area contributed by atoms with Gasteiger partial charge in [-0.05, 0) is 32.4 Å². The number of amides is 1. The number of rotatable bonds is 4. The van der Waals surface area contributed by atoms with Crippen molar-refractivity contribution in [1.29, 1.82) is 0 Å². The molecule has 0 unspecified atom stereocenters. The van der Waals surface area contributed by atoms with E-state index in [2.05, 4.69) is 10.4 Å². The summed E-state index contributed by atoms with van der Waals surface area (Å²) in [5, 5.41) is 7.34. The van der Waals surface area contributed by atoms with E-state index in [4.69, 9.17) is 4.42 Å². The zero-order valence-corrected chi connectivity index (χ0v) is 15.4. The van der Waals surface area contributed by atoms with Gasteiger partial charge in [0.25, 0.3) is 5.91 Å². The summed E-state index contributed by atoms with van der Waals surface area (Å²) >= 11 is 0. The largest absolute Gasteiger partial charge is 0.465 e. The topological polar surface area (TPSA) is 77.1 Å². The summed E-state index contributed by atoms with van der Waals surface area (Å²) in [5.41, 5.74) is 2.67. The number of hydrogen-bond acceptors (Lipinski definition) is 4. The first kappa shape index (κ1) is 17.3. The fourth-order valence-corrected chi connectivity index (χ4v) is 3.52. The van der Waals surface area contributed by atoms with Crippen molar-refractivity contribution in [1.82, 2.24) is 15.1 Å². The van der Waals surface area contributed by atoms with Crippen LogP contribution in [0.25, 0.3) is 5.69 Å². The highest BCUT2D eigenvalue weighted by molar-refractivity contribution is 6.10. The fourth-order valence-electron chi connectivity index (χ4n) is 3.52. The molecule has 2 heterocycles. The van der Waals surface area contributed by atoms with Gasteiger partial charge < -0.3 is 9.73 Å². The van der Waals surface area contributed by atoms with Gasteiger partial charge in [-0.25, -0.2) is 4.68 Å². The summed E-state index contributed by atoms with van der Waals surface area (Å²) in [6.07, 6.45) is 5.57. The highest BCUT2D eigenvalue weighted by atomic mass is 16.3. The number of benzene rings is 1. The molecular formula is C21H21N3O3. The maximum absolute atomic E-state index is 12.9. The number of nitrogens with zero attached hydrogens (tertiary/aromatic N) is 2. The second-order valence-electron chi connectivity index (χ2n) is 6.86. The lowest BCUT2D eigenvalue weighted by molar-refractivity contribution is 0.0918. The van der Waals surface area contributed by atoms with Crippen LogP contribution in [0.2, 0.25) is 0 Å². The van der Waals surface area contributed by atoms with E-state index < -0.39 is 0 Å². The minimum atomic E-state index is -0.285. The average molecular weight is 363 g/mol. The average Bonchev–Trinajstić information content (AvgIpc) is 3.27. The van der Waals surface area contributed by atoms with Crippen LogP contribution in [0.4, 0.5) is 0 Å². The van der Waals surface area contributed by atoms with Crippen LogP contribution in [0.15, 0.2) is 47.1 Å². The molecule has 1 N–H and O–H groups in total. The van der Waals surface area contributed by atoms with Crippen molar-refractivity contribution in [2.75, 3.05) is 0 Å². The number of carbonyl (C=O) groups excluding carboxylic acids is 2. The first-order chi connectivity index (χ1) is 13.0. The van der Waals surface area contributed by atoms with Crippen LogP contribution >= 0.6 is 0 Å². The molecule has 1 aromatic carbocycles. The van der Waals surface area contributed by atoms with Crippen molar-refractivity contribution < 1.29 is 14.0 Å². The van der Waals surface area contributed by atoms with E-state index >= 15 is 0 Å². The number of ketones is 1. The Morgan fingerprint density at radius 1 is 1.26 bits per heavy atom. The predicted molar refractivity (Wildman–Crippen MR) is 100 cm³/mol. The maximum atomic E-state index is 12.9. The van der Waals surface area contributed by atoms with Crippen molar-refractivity contribution in [3.63, 3.8) is 0 Å². The molecule has 3 aromatic rings. The first-order valence-corrected chi connectivity index (χ1v) is 9.11. The van der Waals surface area contributed by atoms with E-state index in [1.165, 1.54) is 0 Å². The number of hydrogen-bond donors (Lipinski definition) is 1. The van der Waals surface area contributed by atoms with Gasteiger partial charge in [0.1, 0.15) is 11.5 Å². The Bertz CT molecular complexity index is 1000. The summed E-state index contributed by atoms with van der Waals surface area (Å²) in [7, 11) is 0. The molecule has 1 amide bonds. The number of aromatic nitrogens is 2. The zero-order chi connectivity index (χ0) is 19.0. The molecule has 0 fully saturated rings. The van der Waals surface area contributed by atoms with Gasteiger partial charge in [-0.1, -0.05) is 18.2 Å². The number of para-hydroxylation sites is 1. The molecule has 1 aliphatic carbocycles. The van der Waals surface area contributed by atoms with Crippen molar-refractivity contribution in [2.24, 2.45) is 0 Å². The van der Waals surface area contributed by atoms with Crippen LogP contribution in [0.1, 0.15) is 63.6 Å². The molecule has 1 atom stereocenters. The van der Waals surface area contributed by atoms with E-state index in [1.807, 2.05) is 43.5 Å². The van der Waals surface area contributed by atoms with E-state index in [-0.39, 0.29) is 17.7 Å². The minimum absolute atomic E-state index is 0.0113. The van der Waals surface area contributed by atoms with E-state index in [0.717, 1.165) is 17.7 Å². The predicted octanol–water partition coefficient (Wildman–Crippen LogP) is 3.78. The third kappa shape index (κ3) is 3.18. The van der Waals surface area contributed by atoms with Crippen LogP contribution in [-0.4, -0.2) is 21.5 Å². The third-order valence-corrected chi connectivity index (χ3v) is 4.94. The van der Waals surface area contributed by atoms with E-state index in [0.29, 0.717) is 35.5 Å². The maximum Gasteiger partial charge on any atom is 0.256 e. The number of carbonyl (C=O) groups is 2. The van der Waals surface area contributed by atoms with Crippen molar-refractivity contribution in [3.05, 3.63) is 70.9 Å². The Morgan fingerprint density at radius 2 is 2.04 bits per heavy atom. The molecule has 0 bridgehead atoms. The number of aryl methyl sites for hydroxylation is 2. The third-order valence-electron chi connectivity index (χ3n) is 4.94. The summed E-state index contributed by atoms with van der Waals surface area (Å²) in [5.74, 6) is 0.842. The molecule has 138 valence electrons. The van der Waals surface area contributed by atoms with Gasteiger partial charge in [0.15, 0.2) is 5.78 Å². The summed E-state index contributed by atoms with van der Waals surface area (Å²) < 4.78 is 7.45. The SMILES string of the molecule is Cc1oc2c(c1C(=O)N[C@@H](C)c1cnn(-c3ccccc3)c1)C(=O)CCC2. The standard InChI is InChI=1S/C21H21N3O3/c1-13(15-11-22-24(12-15)16-7-4-3-5-8-16)23-21(26)19-14(2)27-18-10-6-9-17(25)20(18)19/h3-5,7-8,11-13H,6,9-10H2,1-2H3,(H,23,26)/t13-/m0/s1. The van der Waals surface area contributed by atoms with Crippen molar-refractivity contribution in [3.8, 4) is 5.69 Å². The molecule has 0 spiro atoms. The molecule has 6 heteroatoms. The van der Waals surface area contributed by atoms with Gasteiger partial charge in [0.2, 0.25) is 0 Å². The minimum Gasteiger partial charge on any atom is -0.465 e. The normalized spacial score (nSPS) is 14.7. The Morgan fingerprint density at radius 3 is 2.81 bits per heavy atom. The summed E-state index contributed by atoms with van der Waals surface area (Å²) in [6, 6.07) is 9.53. The van der Waals surface area contributed by atoms with Gasteiger partial charge >= 0.3 is 0 Å². The quantitative estimate of drug-likeness (QED) is 0.765. The molecule has 4 rings (SSSR count). The molecule has 6 nitrogen and oxygen atoms in total. The lowest BCUT2D eigenvalue weighted by Crippen LogP contribution is -2.28. The van der Waals surface area contributed by atoms with Gasteiger partial charge in [0, 0.05) is 24.6 Å². The summed E-state index contributed by atoms with van der Waals surface area (Å²) in [4.78, 5) is 25.1. The van der Waals surface area contributed by atoms with Crippen LogP contribution in [0.3, 0.4) is 0 Å². The second kappa shape index (κ2) is 6.87. The Hall–Kier alpha value is -3.15. The van der Waals surface area contributed by atoms with Crippen LogP contribution < -0.4 is 5.32 Å². The number of fused-ring (bicyclic) bond motifs is 1. The highest BCUT2D eigenvalue weighted by Crippen LogP contribution is 2.30. The monoisotopic (exact) mass is 363 g/mol. The van der Waals surface area contributed by atoms with Gasteiger partial charge in [0.05, 0.1) is 29.1 Å². The Balaban J connectivity index is 1.55. The Labute approximate surface area is 157 Å². The van der Waals surface area contributed by atoms with E-state index in [1.54, 1.807) is 17.8 Å². The van der Waals surface area contributed by atoms with Gasteiger partial charge in [-0.15, -0.1) is 0 Å². The molecular weight excluding hydrogens is 342 g/mol. The van der Waals surface area contributed by atoms with Gasteiger partial charge in [-0.2, -0.15) is 5.10 Å². The molecule has 0 saturated carbocycles. The smallest absolute Gasteiger partial charge is 0.256 e. The van der Waals surface area contributed by atoms with Crippen molar-refractivity contribution in [2.45, 2.75) is 39.2 Å². The number of furan rings is 1. The first-order valence-electron chi connectivity index (χ1n) is 9.11. The second-order valence-corrected chi connectivity index (χ2v) is 6.86. The van der Waals surface area contributed by atoms with Crippen LogP contribution in [0.5, 0.6) is 0 Å². The summed E-state index contributed by atoms with van der Waals surface area (Å²) in [6.45, 7) is 3.63. The van der Waals surface area contributed by atoms with Crippen LogP contribution in [0, 0.1) is 6.92 Å². The molecule has 27 heavy (non-hydrogen) atoms. The molecule has 0 radical (unpaired) electrons. The zero-order valence-electron chi connectivity index (χ0n) is 15.4. The molecule has 0 saturated heterocycles. The number of Topliss-reactive ketones (excluding diaryl/α,β-unsaturated/α-hetero) is 1. The number of nitrogens with one attached hydrogen (secondary N) is 1. The van der Waals surface area contributed by atoms with E-state index in [9.17, 15) is 9.59 Å². The lowest BCUT2D eigenvalue weighted by atomic mass is 9.93.